The summed E-state index contributed by atoms with van der Waals surface area (Å²) in [6.45, 7) is 8.64. The molecule has 2 heterocycles. The number of H-pyrrole nitrogens is 1. The second-order valence-electron chi connectivity index (χ2n) is 8.89. The molecule has 1 aliphatic heterocycles. The smallest absolute Gasteiger partial charge is 0.330 e. The van der Waals surface area contributed by atoms with Crippen molar-refractivity contribution in [1.82, 2.24) is 9.55 Å². The van der Waals surface area contributed by atoms with E-state index in [0.717, 1.165) is 16.8 Å². The monoisotopic (exact) mass is 495 g/mol. The molecule has 14 heteroatoms. The van der Waals surface area contributed by atoms with Gasteiger partial charge in [0, 0.05) is 17.2 Å². The molecule has 2 rings (SSSR count). The van der Waals surface area contributed by atoms with Crippen molar-refractivity contribution >= 4 is 17.9 Å². The Morgan fingerprint density at radius 3 is 2.17 bits per heavy atom. The number of aromatic amines is 1. The topological polar surface area (TPSA) is 192 Å². The minimum atomic E-state index is -2.20. The zero-order valence-corrected chi connectivity index (χ0v) is 20.3. The van der Waals surface area contributed by atoms with E-state index in [-0.39, 0.29) is 0 Å². The lowest BCUT2D eigenvalue weighted by Gasteiger charge is -2.30. The molecule has 1 aromatic heterocycles. The van der Waals surface area contributed by atoms with Gasteiger partial charge in [-0.05, 0) is 5.53 Å². The van der Waals surface area contributed by atoms with Crippen molar-refractivity contribution in [2.45, 2.75) is 65.7 Å². The van der Waals surface area contributed by atoms with Gasteiger partial charge in [-0.15, -0.1) is 0 Å². The molecule has 0 radical (unpaired) electrons. The zero-order valence-electron chi connectivity index (χ0n) is 20.3. The van der Waals surface area contributed by atoms with Crippen LogP contribution < -0.4 is 11.2 Å². The van der Waals surface area contributed by atoms with Crippen LogP contribution in [-0.2, 0) is 33.3 Å². The molecule has 192 valence electrons. The molecule has 1 aromatic rings. The van der Waals surface area contributed by atoms with Gasteiger partial charge >= 0.3 is 23.6 Å². The molecule has 0 aliphatic carbocycles. The van der Waals surface area contributed by atoms with E-state index in [0.29, 0.717) is 0 Å². The van der Waals surface area contributed by atoms with E-state index < -0.39 is 77.7 Å². The average molecular weight is 495 g/mol. The SMILES string of the molecule is CC(C)C(=O)OCC1(N=[N+]=[N-])OC(n2ccc(=O)[nH]c2=O)C(OC(=O)C(C)C)C1OC(=O)C(C)C. The summed E-state index contributed by atoms with van der Waals surface area (Å²) in [7, 11) is 0. The van der Waals surface area contributed by atoms with Gasteiger partial charge in [0.2, 0.25) is 5.72 Å². The van der Waals surface area contributed by atoms with E-state index >= 15 is 0 Å². The van der Waals surface area contributed by atoms with Crippen LogP contribution in [0.15, 0.2) is 27.0 Å². The number of ether oxygens (including phenoxy) is 4. The van der Waals surface area contributed by atoms with Crippen LogP contribution >= 0.6 is 0 Å². The van der Waals surface area contributed by atoms with Crippen LogP contribution in [0.2, 0.25) is 0 Å². The van der Waals surface area contributed by atoms with Gasteiger partial charge < -0.3 is 18.9 Å². The molecule has 0 bridgehead atoms. The third kappa shape index (κ3) is 6.28. The van der Waals surface area contributed by atoms with Crippen LogP contribution in [0, 0.1) is 17.8 Å². The fourth-order valence-electron chi connectivity index (χ4n) is 3.05. The van der Waals surface area contributed by atoms with Crippen LogP contribution in [0.1, 0.15) is 47.8 Å². The number of nitrogens with zero attached hydrogens (tertiary/aromatic N) is 4. The van der Waals surface area contributed by atoms with Gasteiger partial charge in [-0.3, -0.25) is 28.7 Å². The summed E-state index contributed by atoms with van der Waals surface area (Å²) in [6.07, 6.45) is -3.56. The maximum absolute atomic E-state index is 12.6. The number of rotatable bonds is 9. The predicted octanol–water partition coefficient (Wildman–Crippen LogP) is 1.41. The Kier molecular flexibility index (Phi) is 8.83. The molecule has 1 N–H and O–H groups in total. The average Bonchev–Trinajstić information content (AvgIpc) is 3.05. The van der Waals surface area contributed by atoms with E-state index in [1.165, 1.54) is 0 Å². The normalized spacial score (nSPS) is 23.7. The molecule has 0 aromatic carbocycles. The molecule has 1 saturated heterocycles. The Hall–Kier alpha value is -3.64. The van der Waals surface area contributed by atoms with Gasteiger partial charge in [-0.1, -0.05) is 46.7 Å². The fraction of sp³-hybridized carbons (Fsp3) is 0.667. The van der Waals surface area contributed by atoms with Gasteiger partial charge in [0.25, 0.3) is 5.56 Å². The number of hydrogen-bond acceptors (Lipinski definition) is 10. The number of carbonyl (C=O) groups excluding carboxylic acids is 3. The highest BCUT2D eigenvalue weighted by Crippen LogP contribution is 2.42. The summed E-state index contributed by atoms with van der Waals surface area (Å²) in [4.78, 5) is 66.2. The Morgan fingerprint density at radius 1 is 1.09 bits per heavy atom. The van der Waals surface area contributed by atoms with Crippen molar-refractivity contribution in [3.63, 3.8) is 0 Å². The maximum atomic E-state index is 12.6. The van der Waals surface area contributed by atoms with Crippen molar-refractivity contribution in [3.8, 4) is 0 Å². The van der Waals surface area contributed by atoms with Crippen molar-refractivity contribution < 1.29 is 33.3 Å². The second kappa shape index (κ2) is 11.2. The lowest BCUT2D eigenvalue weighted by molar-refractivity contribution is -0.182. The van der Waals surface area contributed by atoms with Crippen LogP contribution in [-0.4, -0.2) is 52.0 Å². The van der Waals surface area contributed by atoms with E-state index in [4.69, 9.17) is 18.9 Å². The first-order chi connectivity index (χ1) is 16.3. The van der Waals surface area contributed by atoms with E-state index in [9.17, 15) is 29.5 Å². The third-order valence-corrected chi connectivity index (χ3v) is 5.02. The highest BCUT2D eigenvalue weighted by atomic mass is 16.7. The molecule has 4 unspecified atom stereocenters. The molecule has 1 aliphatic rings. The third-order valence-electron chi connectivity index (χ3n) is 5.02. The Balaban J connectivity index is 2.70. The lowest BCUT2D eigenvalue weighted by Crippen LogP contribution is -2.50. The summed E-state index contributed by atoms with van der Waals surface area (Å²) < 4.78 is 23.1. The van der Waals surface area contributed by atoms with Crippen molar-refractivity contribution in [3.05, 3.63) is 43.5 Å². The molecule has 0 spiro atoms. The van der Waals surface area contributed by atoms with Crippen LogP contribution in [0.4, 0.5) is 0 Å². The summed E-state index contributed by atoms with van der Waals surface area (Å²) in [5, 5.41) is 3.63. The number of hydrogen-bond donors (Lipinski definition) is 1. The lowest BCUT2D eigenvalue weighted by atomic mass is 10.0. The van der Waals surface area contributed by atoms with Gasteiger partial charge in [0.05, 0.1) is 17.8 Å². The minimum absolute atomic E-state index is 0.552. The molecule has 35 heavy (non-hydrogen) atoms. The highest BCUT2D eigenvalue weighted by molar-refractivity contribution is 5.73. The summed E-state index contributed by atoms with van der Waals surface area (Å²) in [5.41, 5.74) is 5.47. The number of carbonyl (C=O) groups is 3. The quantitative estimate of drug-likeness (QED) is 0.173. The fourth-order valence-corrected chi connectivity index (χ4v) is 3.05. The molecule has 4 atom stereocenters. The number of aromatic nitrogens is 2. The number of esters is 3. The van der Waals surface area contributed by atoms with Crippen LogP contribution in [0.5, 0.6) is 0 Å². The summed E-state index contributed by atoms with van der Waals surface area (Å²) in [6, 6.07) is 1.02. The predicted molar refractivity (Wildman–Crippen MR) is 119 cm³/mol. The van der Waals surface area contributed by atoms with E-state index in [2.05, 4.69) is 10.0 Å². The first-order valence-corrected chi connectivity index (χ1v) is 11.0. The molecule has 1 fully saturated rings. The Morgan fingerprint density at radius 2 is 1.66 bits per heavy atom. The Bertz CT molecular complexity index is 1120. The molecule has 0 saturated carbocycles. The standard InChI is InChI=1S/C21H29N5O9/c1-10(2)17(28)32-9-21(24-25-22)15(34-19(30)12(5)6)14(33-18(29)11(3)4)16(35-21)26-8-7-13(27)23-20(26)31/h7-8,10-12,14-16H,9H2,1-6H3,(H,23,27,31). The van der Waals surface area contributed by atoms with Gasteiger partial charge in [-0.2, -0.15) is 0 Å². The molecule has 0 amide bonds. The maximum Gasteiger partial charge on any atom is 0.330 e. The minimum Gasteiger partial charge on any atom is -0.462 e. The van der Waals surface area contributed by atoms with Gasteiger partial charge in [0.1, 0.15) is 6.61 Å². The van der Waals surface area contributed by atoms with E-state index in [1.807, 2.05) is 4.98 Å². The summed E-state index contributed by atoms with van der Waals surface area (Å²) >= 11 is 0. The zero-order chi connectivity index (χ0) is 26.5. The highest BCUT2D eigenvalue weighted by Gasteiger charge is 2.61. The summed E-state index contributed by atoms with van der Waals surface area (Å²) in [5.74, 6) is -3.99. The van der Waals surface area contributed by atoms with Crippen LogP contribution in [0.25, 0.3) is 10.4 Å². The Labute approximate surface area is 200 Å². The first-order valence-electron chi connectivity index (χ1n) is 11.0. The molecular weight excluding hydrogens is 466 g/mol. The van der Waals surface area contributed by atoms with Crippen LogP contribution in [0.3, 0.4) is 0 Å². The molecular formula is C21H29N5O9. The van der Waals surface area contributed by atoms with Crippen molar-refractivity contribution in [2.75, 3.05) is 6.61 Å². The number of azide groups is 1. The molecule has 14 nitrogen and oxygen atoms in total. The second-order valence-corrected chi connectivity index (χ2v) is 8.89. The van der Waals surface area contributed by atoms with Crippen molar-refractivity contribution in [1.29, 1.82) is 0 Å². The largest absolute Gasteiger partial charge is 0.462 e. The number of nitrogens with one attached hydrogen (secondary N) is 1. The van der Waals surface area contributed by atoms with Crippen molar-refractivity contribution in [2.24, 2.45) is 22.9 Å². The first kappa shape index (κ1) is 27.6. The van der Waals surface area contributed by atoms with E-state index in [1.54, 1.807) is 41.5 Å². The van der Waals surface area contributed by atoms with Gasteiger partial charge in [0.15, 0.2) is 18.4 Å². The van der Waals surface area contributed by atoms with Gasteiger partial charge in [-0.25, -0.2) is 4.79 Å².